The summed E-state index contributed by atoms with van der Waals surface area (Å²) in [6, 6.07) is 0. The van der Waals surface area contributed by atoms with Gasteiger partial charge in [-0.05, 0) is 0 Å². The van der Waals surface area contributed by atoms with Gasteiger partial charge in [-0.15, -0.1) is 0 Å². The number of ether oxygens (including phenoxy) is 2. The molecule has 0 atom stereocenters. The first-order chi connectivity index (χ1) is 6.76. The summed E-state index contributed by atoms with van der Waals surface area (Å²) in [5.74, 6) is 0.550. The summed E-state index contributed by atoms with van der Waals surface area (Å²) in [7, 11) is 2.85. The van der Waals surface area contributed by atoms with Gasteiger partial charge in [0.05, 0.1) is 26.6 Å². The Morgan fingerprint density at radius 2 is 2.07 bits per heavy atom. The predicted molar refractivity (Wildman–Crippen MR) is 49.1 cm³/mol. The predicted octanol–water partition coefficient (Wildman–Crippen LogP) is 0.0701. The van der Waals surface area contributed by atoms with Crippen LogP contribution in [0.1, 0.15) is 0 Å². The minimum Gasteiger partial charge on any atom is -0.494 e. The zero-order valence-corrected chi connectivity index (χ0v) is 7.98. The fraction of sp³-hybridized carbons (Fsp3) is 0.375. The van der Waals surface area contributed by atoms with Gasteiger partial charge in [0.25, 0.3) is 0 Å². The molecule has 1 rings (SSSR count). The molecule has 0 fully saturated rings. The number of anilines is 1. The smallest absolute Gasteiger partial charge is 0.325 e. The van der Waals surface area contributed by atoms with E-state index in [2.05, 4.69) is 20.0 Å². The number of methoxy groups -OCH3 is 2. The van der Waals surface area contributed by atoms with E-state index in [0.29, 0.717) is 11.7 Å². The first kappa shape index (κ1) is 10.2. The molecule has 0 aromatic carbocycles. The minimum atomic E-state index is -0.371. The van der Waals surface area contributed by atoms with Crippen LogP contribution in [-0.4, -0.2) is 36.7 Å². The Kier molecular flexibility index (Phi) is 3.66. The molecular weight excluding hydrogens is 186 g/mol. The molecule has 0 unspecified atom stereocenters. The van der Waals surface area contributed by atoms with Crippen LogP contribution in [0.25, 0.3) is 0 Å². The summed E-state index contributed by atoms with van der Waals surface area (Å²) in [4.78, 5) is 18.5. The zero-order chi connectivity index (χ0) is 10.4. The van der Waals surface area contributed by atoms with Gasteiger partial charge < -0.3 is 14.8 Å². The number of aromatic nitrogens is 2. The molecule has 0 spiro atoms. The Morgan fingerprint density at radius 1 is 1.43 bits per heavy atom. The van der Waals surface area contributed by atoms with Crippen LogP contribution in [0.2, 0.25) is 0 Å². The fourth-order valence-corrected chi connectivity index (χ4v) is 0.736. The Labute approximate surface area is 81.3 Å². The highest BCUT2D eigenvalue weighted by molar-refractivity contribution is 5.73. The van der Waals surface area contributed by atoms with Crippen molar-refractivity contribution >= 4 is 11.9 Å². The molecule has 1 heterocycles. The molecule has 0 saturated heterocycles. The van der Waals surface area contributed by atoms with Gasteiger partial charge in [-0.2, -0.15) is 0 Å². The van der Waals surface area contributed by atoms with Gasteiger partial charge in [-0.1, -0.05) is 0 Å². The number of nitrogens with one attached hydrogen (secondary N) is 1. The largest absolute Gasteiger partial charge is 0.494 e. The second-order valence-corrected chi connectivity index (χ2v) is 2.38. The number of nitrogens with zero attached hydrogens (tertiary/aromatic N) is 2. The second-order valence-electron chi connectivity index (χ2n) is 2.38. The number of esters is 1. The molecule has 0 saturated carbocycles. The third-order valence-corrected chi connectivity index (χ3v) is 1.48. The Morgan fingerprint density at radius 3 is 2.57 bits per heavy atom. The van der Waals surface area contributed by atoms with Crippen LogP contribution in [0.5, 0.6) is 5.75 Å². The normalized spacial score (nSPS) is 9.29. The topological polar surface area (TPSA) is 73.3 Å². The Hall–Kier alpha value is -1.85. The lowest BCUT2D eigenvalue weighted by molar-refractivity contribution is -0.138. The van der Waals surface area contributed by atoms with Crippen molar-refractivity contribution in [1.82, 2.24) is 9.97 Å². The molecule has 76 valence electrons. The van der Waals surface area contributed by atoms with E-state index in [-0.39, 0.29) is 12.5 Å². The molecule has 0 aliphatic rings. The summed E-state index contributed by atoms with van der Waals surface area (Å²) in [5, 5.41) is 2.69. The summed E-state index contributed by atoms with van der Waals surface area (Å²) in [6.07, 6.45) is 3.01. The third kappa shape index (κ3) is 2.89. The van der Waals surface area contributed by atoms with E-state index in [9.17, 15) is 4.79 Å². The number of carbonyl (C=O) groups excluding carboxylic acids is 1. The standard InChI is InChI=1S/C8H11N3O3/c1-13-6-3-9-8(10-4-6)11-5-7(12)14-2/h3-4H,5H2,1-2H3,(H,9,10,11). The van der Waals surface area contributed by atoms with E-state index in [0.717, 1.165) is 0 Å². The van der Waals surface area contributed by atoms with Crippen molar-refractivity contribution in [2.75, 3.05) is 26.1 Å². The first-order valence-electron chi connectivity index (χ1n) is 3.93. The number of hydrogen-bond donors (Lipinski definition) is 1. The molecule has 6 heteroatoms. The molecule has 0 aliphatic carbocycles. The van der Waals surface area contributed by atoms with Crippen LogP contribution < -0.4 is 10.1 Å². The molecule has 1 aromatic heterocycles. The van der Waals surface area contributed by atoms with E-state index in [1.54, 1.807) is 0 Å². The van der Waals surface area contributed by atoms with Gasteiger partial charge in [0.15, 0.2) is 5.75 Å². The summed E-state index contributed by atoms with van der Waals surface area (Å²) >= 11 is 0. The second kappa shape index (κ2) is 5.00. The van der Waals surface area contributed by atoms with Gasteiger partial charge >= 0.3 is 5.97 Å². The molecule has 1 aromatic rings. The lowest BCUT2D eigenvalue weighted by Crippen LogP contribution is -2.16. The highest BCUT2D eigenvalue weighted by Crippen LogP contribution is 2.06. The maximum atomic E-state index is 10.7. The highest BCUT2D eigenvalue weighted by atomic mass is 16.5. The summed E-state index contributed by atoms with van der Waals surface area (Å²) in [6.45, 7) is 0.0445. The Bertz CT molecular complexity index is 299. The molecule has 6 nitrogen and oxygen atoms in total. The third-order valence-electron chi connectivity index (χ3n) is 1.48. The average Bonchev–Trinajstić information content (AvgIpc) is 2.26. The van der Waals surface area contributed by atoms with Crippen LogP contribution in [0, 0.1) is 0 Å². The quantitative estimate of drug-likeness (QED) is 0.688. The van der Waals surface area contributed by atoms with Crippen molar-refractivity contribution in [2.24, 2.45) is 0 Å². The van der Waals surface area contributed by atoms with Gasteiger partial charge in [0.1, 0.15) is 6.54 Å². The van der Waals surface area contributed by atoms with Crippen LogP contribution in [0.4, 0.5) is 5.95 Å². The van der Waals surface area contributed by atoms with Gasteiger partial charge in [-0.3, -0.25) is 4.79 Å². The first-order valence-corrected chi connectivity index (χ1v) is 3.93. The highest BCUT2D eigenvalue weighted by Gasteiger charge is 2.01. The number of carbonyl (C=O) groups is 1. The van der Waals surface area contributed by atoms with E-state index < -0.39 is 0 Å². The fourth-order valence-electron chi connectivity index (χ4n) is 0.736. The number of rotatable bonds is 4. The van der Waals surface area contributed by atoms with Crippen LogP contribution in [0.15, 0.2) is 12.4 Å². The monoisotopic (exact) mass is 197 g/mol. The van der Waals surface area contributed by atoms with Crippen LogP contribution >= 0.6 is 0 Å². The Balaban J connectivity index is 2.47. The SMILES string of the molecule is COC(=O)CNc1ncc(OC)cn1. The van der Waals surface area contributed by atoms with Crippen LogP contribution in [-0.2, 0) is 9.53 Å². The van der Waals surface area contributed by atoms with Gasteiger partial charge in [-0.25, -0.2) is 9.97 Å². The van der Waals surface area contributed by atoms with Crippen molar-refractivity contribution < 1.29 is 14.3 Å². The van der Waals surface area contributed by atoms with Crippen LogP contribution in [0.3, 0.4) is 0 Å². The van der Waals surface area contributed by atoms with Crippen molar-refractivity contribution in [3.63, 3.8) is 0 Å². The molecule has 0 aliphatic heterocycles. The van der Waals surface area contributed by atoms with Crippen molar-refractivity contribution in [3.05, 3.63) is 12.4 Å². The summed E-state index contributed by atoms with van der Waals surface area (Å²) < 4.78 is 9.31. The van der Waals surface area contributed by atoms with E-state index in [1.807, 2.05) is 0 Å². The van der Waals surface area contributed by atoms with Crippen molar-refractivity contribution in [3.8, 4) is 5.75 Å². The maximum absolute atomic E-state index is 10.7. The summed E-state index contributed by atoms with van der Waals surface area (Å²) in [5.41, 5.74) is 0. The van der Waals surface area contributed by atoms with E-state index in [1.165, 1.54) is 26.6 Å². The molecule has 0 amide bonds. The van der Waals surface area contributed by atoms with E-state index in [4.69, 9.17) is 4.74 Å². The zero-order valence-electron chi connectivity index (χ0n) is 7.98. The average molecular weight is 197 g/mol. The lowest BCUT2D eigenvalue weighted by atomic mass is 10.6. The molecular formula is C8H11N3O3. The van der Waals surface area contributed by atoms with Crippen molar-refractivity contribution in [1.29, 1.82) is 0 Å². The molecule has 1 N–H and O–H groups in total. The van der Waals surface area contributed by atoms with Crippen molar-refractivity contribution in [2.45, 2.75) is 0 Å². The van der Waals surface area contributed by atoms with Gasteiger partial charge in [0.2, 0.25) is 5.95 Å². The van der Waals surface area contributed by atoms with Gasteiger partial charge in [0, 0.05) is 0 Å². The van der Waals surface area contributed by atoms with E-state index >= 15 is 0 Å². The number of hydrogen-bond acceptors (Lipinski definition) is 6. The molecule has 0 bridgehead atoms. The molecule has 14 heavy (non-hydrogen) atoms. The minimum absolute atomic E-state index is 0.0445. The maximum Gasteiger partial charge on any atom is 0.325 e. The lowest BCUT2D eigenvalue weighted by Gasteiger charge is -2.03. The molecule has 0 radical (unpaired) electrons.